The molecule has 0 saturated carbocycles. The molecule has 7 heteroatoms. The van der Waals surface area contributed by atoms with Gasteiger partial charge in [-0.1, -0.05) is 0 Å². The Morgan fingerprint density at radius 1 is 1.06 bits per heavy atom. The molecule has 92 valence electrons. The first kappa shape index (κ1) is 13.4. The monoisotopic (exact) mass is 258 g/mol. The van der Waals surface area contributed by atoms with Crippen LogP contribution >= 0.6 is 8.03 Å². The number of rotatable bonds is 3. The molecular weight excluding hydrogens is 247 g/mol. The van der Waals surface area contributed by atoms with Crippen LogP contribution in [0.1, 0.15) is 20.7 Å². The van der Waals surface area contributed by atoms with E-state index in [4.69, 9.17) is 4.89 Å². The van der Waals surface area contributed by atoms with Crippen LogP contribution in [0.4, 0.5) is 0 Å². The van der Waals surface area contributed by atoms with Gasteiger partial charge in [0.05, 0.1) is 25.3 Å². The fraction of sp³-hybridized carbons (Fsp3) is 0.200. The summed E-state index contributed by atoms with van der Waals surface area (Å²) < 4.78 is 20.0. The molecule has 1 aromatic carbocycles. The molecule has 0 spiro atoms. The Balaban J connectivity index is 3.33. The van der Waals surface area contributed by atoms with Gasteiger partial charge in [0.1, 0.15) is 0 Å². The van der Waals surface area contributed by atoms with Crippen molar-refractivity contribution >= 4 is 25.3 Å². The smallest absolute Gasteiger partial charge is 0.337 e. The summed E-state index contributed by atoms with van der Waals surface area (Å²) >= 11 is 0. The zero-order valence-corrected chi connectivity index (χ0v) is 10.2. The summed E-state index contributed by atoms with van der Waals surface area (Å²) in [6.07, 6.45) is 0. The summed E-state index contributed by atoms with van der Waals surface area (Å²) in [5.74, 6) is -1.39. The first-order valence-electron chi connectivity index (χ1n) is 4.54. The van der Waals surface area contributed by atoms with Crippen LogP contribution in [-0.2, 0) is 14.0 Å². The summed E-state index contributed by atoms with van der Waals surface area (Å²) in [6.45, 7) is 0. The largest absolute Gasteiger partial charge is 0.465 e. The summed E-state index contributed by atoms with van der Waals surface area (Å²) in [5, 5.41) is -0.00157. The fourth-order valence-corrected chi connectivity index (χ4v) is 1.78. The molecule has 0 bridgehead atoms. The molecule has 1 aromatic rings. The van der Waals surface area contributed by atoms with E-state index in [0.29, 0.717) is 0 Å². The molecule has 0 saturated heterocycles. The molecule has 17 heavy (non-hydrogen) atoms. The van der Waals surface area contributed by atoms with Gasteiger partial charge >= 0.3 is 11.9 Å². The molecule has 0 radical (unpaired) electrons. The normalized spacial score (nSPS) is 11.7. The number of carbonyl (C=O) groups excluding carboxylic acids is 2. The lowest BCUT2D eigenvalue weighted by molar-refractivity contribution is 0.0599. The third kappa shape index (κ3) is 3.15. The van der Waals surface area contributed by atoms with E-state index >= 15 is 0 Å². The minimum absolute atomic E-state index is 0.00157. The lowest BCUT2D eigenvalue weighted by Gasteiger charge is -2.05. The van der Waals surface area contributed by atoms with E-state index in [9.17, 15) is 14.2 Å². The van der Waals surface area contributed by atoms with Crippen LogP contribution in [0.5, 0.6) is 0 Å². The molecule has 0 aliphatic carbocycles. The van der Waals surface area contributed by atoms with Gasteiger partial charge in [-0.05, 0) is 18.2 Å². The van der Waals surface area contributed by atoms with E-state index in [1.807, 2.05) is 0 Å². The van der Waals surface area contributed by atoms with Gasteiger partial charge in [-0.2, -0.15) is 0 Å². The van der Waals surface area contributed by atoms with Crippen LogP contribution in [0.2, 0.25) is 0 Å². The topological polar surface area (TPSA) is 89.9 Å². The van der Waals surface area contributed by atoms with E-state index in [1.54, 1.807) is 0 Å². The quantitative estimate of drug-likeness (QED) is 0.621. The summed E-state index contributed by atoms with van der Waals surface area (Å²) in [7, 11) is -0.653. The predicted octanol–water partition coefficient (Wildman–Crippen LogP) is 0.352. The molecule has 0 aliphatic heterocycles. The Bertz CT molecular complexity index is 447. The maximum atomic E-state index is 11.3. The highest BCUT2D eigenvalue weighted by Crippen LogP contribution is 2.17. The molecular formula is C10H11O6P. The first-order valence-corrected chi connectivity index (χ1v) is 5.90. The third-order valence-electron chi connectivity index (χ3n) is 2.02. The van der Waals surface area contributed by atoms with Gasteiger partial charge in [-0.3, -0.25) is 4.57 Å². The van der Waals surface area contributed by atoms with Gasteiger partial charge in [-0.25, -0.2) is 9.59 Å². The lowest BCUT2D eigenvalue weighted by Crippen LogP contribution is -2.11. The standard InChI is InChI=1S/C10H11O6P/c1-15-9(11)6-3-7(10(12)16-2)5-8(4-6)17(13)14/h3-5,17H,1-2H3,(H,13,14). The molecule has 1 unspecified atom stereocenters. The Morgan fingerprint density at radius 2 is 1.47 bits per heavy atom. The van der Waals surface area contributed by atoms with Gasteiger partial charge < -0.3 is 14.4 Å². The zero-order valence-electron chi connectivity index (χ0n) is 9.22. The van der Waals surface area contributed by atoms with Crippen molar-refractivity contribution < 1.29 is 28.5 Å². The highest BCUT2D eigenvalue weighted by Gasteiger charge is 2.15. The second kappa shape index (κ2) is 5.61. The lowest BCUT2D eigenvalue weighted by atomic mass is 10.1. The molecule has 0 amide bonds. The first-order chi connectivity index (χ1) is 7.99. The van der Waals surface area contributed by atoms with Crippen LogP contribution in [0.15, 0.2) is 18.2 Å². The van der Waals surface area contributed by atoms with E-state index in [1.165, 1.54) is 32.4 Å². The van der Waals surface area contributed by atoms with E-state index in [2.05, 4.69) is 9.47 Å². The molecule has 0 fully saturated rings. The number of carbonyl (C=O) groups is 2. The Morgan fingerprint density at radius 3 is 1.76 bits per heavy atom. The van der Waals surface area contributed by atoms with E-state index in [-0.39, 0.29) is 16.4 Å². The maximum Gasteiger partial charge on any atom is 0.337 e. The number of ether oxygens (including phenoxy) is 2. The van der Waals surface area contributed by atoms with E-state index in [0.717, 1.165) is 0 Å². The van der Waals surface area contributed by atoms with Gasteiger partial charge in [0.2, 0.25) is 8.03 Å². The summed E-state index contributed by atoms with van der Waals surface area (Å²) in [6, 6.07) is 3.66. The summed E-state index contributed by atoms with van der Waals surface area (Å²) in [5.41, 5.74) is 0.0515. The van der Waals surface area contributed by atoms with Gasteiger partial charge in [0, 0.05) is 5.30 Å². The van der Waals surface area contributed by atoms with Crippen molar-refractivity contribution in [1.82, 2.24) is 0 Å². The van der Waals surface area contributed by atoms with Crippen molar-refractivity contribution in [2.24, 2.45) is 0 Å². The van der Waals surface area contributed by atoms with Crippen molar-refractivity contribution in [2.45, 2.75) is 0 Å². The van der Waals surface area contributed by atoms with Crippen molar-refractivity contribution in [3.05, 3.63) is 29.3 Å². The minimum Gasteiger partial charge on any atom is -0.465 e. The van der Waals surface area contributed by atoms with Crippen LogP contribution < -0.4 is 5.30 Å². The predicted molar refractivity (Wildman–Crippen MR) is 60.0 cm³/mol. The molecule has 0 aromatic heterocycles. The minimum atomic E-state index is -3.00. The second-order valence-electron chi connectivity index (χ2n) is 3.09. The number of hydrogen-bond donors (Lipinski definition) is 1. The van der Waals surface area contributed by atoms with Crippen LogP contribution in [0.25, 0.3) is 0 Å². The van der Waals surface area contributed by atoms with Crippen molar-refractivity contribution in [3.63, 3.8) is 0 Å². The van der Waals surface area contributed by atoms with Crippen molar-refractivity contribution in [1.29, 1.82) is 0 Å². The van der Waals surface area contributed by atoms with E-state index < -0.39 is 20.0 Å². The second-order valence-corrected chi connectivity index (χ2v) is 4.28. The number of benzene rings is 1. The fourth-order valence-electron chi connectivity index (χ4n) is 1.22. The Kier molecular flexibility index (Phi) is 4.43. The van der Waals surface area contributed by atoms with Crippen molar-refractivity contribution in [2.75, 3.05) is 14.2 Å². The number of esters is 2. The molecule has 0 aliphatic rings. The SMILES string of the molecule is COC(=O)c1cc(C(=O)OC)cc([PH](=O)O)c1. The highest BCUT2D eigenvalue weighted by molar-refractivity contribution is 7.47. The Hall–Kier alpha value is -1.65. The average Bonchev–Trinajstić information content (AvgIpc) is 2.36. The highest BCUT2D eigenvalue weighted by atomic mass is 31.1. The molecule has 6 nitrogen and oxygen atoms in total. The number of methoxy groups -OCH3 is 2. The average molecular weight is 258 g/mol. The van der Waals surface area contributed by atoms with Crippen LogP contribution in [-0.4, -0.2) is 31.1 Å². The van der Waals surface area contributed by atoms with Crippen LogP contribution in [0.3, 0.4) is 0 Å². The molecule has 1 N–H and O–H groups in total. The molecule has 0 heterocycles. The zero-order chi connectivity index (χ0) is 13.0. The third-order valence-corrected chi connectivity index (χ3v) is 2.80. The molecule has 1 atom stereocenters. The van der Waals surface area contributed by atoms with Crippen molar-refractivity contribution in [3.8, 4) is 0 Å². The number of hydrogen-bond acceptors (Lipinski definition) is 5. The maximum absolute atomic E-state index is 11.3. The molecule has 1 rings (SSSR count). The van der Waals surface area contributed by atoms with Gasteiger partial charge in [-0.15, -0.1) is 0 Å². The van der Waals surface area contributed by atoms with Crippen LogP contribution in [0, 0.1) is 0 Å². The Labute approximate surface area is 98.0 Å². The summed E-state index contributed by atoms with van der Waals surface area (Å²) in [4.78, 5) is 31.6. The van der Waals surface area contributed by atoms with Gasteiger partial charge in [0.15, 0.2) is 0 Å². The van der Waals surface area contributed by atoms with Gasteiger partial charge in [0.25, 0.3) is 0 Å².